The van der Waals surface area contributed by atoms with Crippen LogP contribution in [0.25, 0.3) is 0 Å². The van der Waals surface area contributed by atoms with Gasteiger partial charge >= 0.3 is 12.1 Å². The topological polar surface area (TPSA) is 34.9 Å². The van der Waals surface area contributed by atoms with E-state index in [1.807, 2.05) is 6.92 Å². The Balaban J connectivity index is 2.55. The number of rotatable bonds is 3. The largest absolute Gasteiger partial charge is 0.435 e. The number of Topliss-reactive ketones (excluding diaryl/α,β-unsaturated/α-hetero) is 1. The highest BCUT2D eigenvalue weighted by molar-refractivity contribution is 6.04. The fourth-order valence-electron chi connectivity index (χ4n) is 2.25. The minimum atomic E-state index is -4.91. The molecular formula is C12H13F5N2O. The van der Waals surface area contributed by atoms with Crippen molar-refractivity contribution >= 4 is 5.78 Å². The molecule has 1 aliphatic rings. The van der Waals surface area contributed by atoms with Crippen LogP contribution in [-0.2, 0) is 19.1 Å². The fraction of sp³-hybridized carbons (Fsp3) is 0.667. The van der Waals surface area contributed by atoms with Crippen molar-refractivity contribution in [3.05, 3.63) is 17.0 Å². The van der Waals surface area contributed by atoms with Crippen LogP contribution in [0.4, 0.5) is 22.0 Å². The molecule has 0 amide bonds. The summed E-state index contributed by atoms with van der Waals surface area (Å²) < 4.78 is 66.3. The van der Waals surface area contributed by atoms with Gasteiger partial charge in [-0.3, -0.25) is 9.48 Å². The van der Waals surface area contributed by atoms with Crippen LogP contribution in [0, 0.1) is 0 Å². The zero-order valence-corrected chi connectivity index (χ0v) is 10.7. The average Bonchev–Trinajstić information content (AvgIpc) is 2.70. The lowest BCUT2D eigenvalue weighted by atomic mass is 9.91. The van der Waals surface area contributed by atoms with Gasteiger partial charge in [0.2, 0.25) is 5.78 Å². The molecule has 0 aliphatic heterocycles. The molecule has 1 aliphatic carbocycles. The number of carbonyl (C=O) groups excluding carboxylic acids is 1. The summed E-state index contributed by atoms with van der Waals surface area (Å²) in [6, 6.07) is 0. The van der Waals surface area contributed by atoms with Crippen LogP contribution in [-0.4, -0.2) is 21.5 Å². The molecule has 20 heavy (non-hydrogen) atoms. The molecule has 8 heteroatoms. The molecule has 0 bridgehead atoms. The van der Waals surface area contributed by atoms with Gasteiger partial charge in [0.15, 0.2) is 5.69 Å². The lowest BCUT2D eigenvalue weighted by molar-refractivity contribution is -0.142. The van der Waals surface area contributed by atoms with Crippen LogP contribution < -0.4 is 0 Å². The molecule has 0 aromatic carbocycles. The van der Waals surface area contributed by atoms with Crippen molar-refractivity contribution in [1.29, 1.82) is 0 Å². The zero-order chi connectivity index (χ0) is 15.1. The van der Waals surface area contributed by atoms with Crippen molar-refractivity contribution in [1.82, 2.24) is 9.78 Å². The first-order chi connectivity index (χ1) is 9.18. The Morgan fingerprint density at radius 1 is 1.35 bits per heavy atom. The lowest BCUT2D eigenvalue weighted by Gasteiger charge is -2.21. The molecule has 1 aromatic rings. The molecule has 0 saturated heterocycles. The SMILES string of the molecule is CCCCn1nc(C(F)(F)F)c2c1CCC(F)(F)C2=O. The van der Waals surface area contributed by atoms with Crippen molar-refractivity contribution in [3.63, 3.8) is 0 Å². The second-order valence-electron chi connectivity index (χ2n) is 4.78. The molecule has 2 rings (SSSR count). The quantitative estimate of drug-likeness (QED) is 0.801. The predicted molar refractivity (Wildman–Crippen MR) is 59.7 cm³/mol. The van der Waals surface area contributed by atoms with E-state index in [2.05, 4.69) is 5.10 Å². The smallest absolute Gasteiger partial charge is 0.287 e. The molecule has 0 saturated carbocycles. The minimum Gasteiger partial charge on any atom is -0.287 e. The number of fused-ring (bicyclic) bond motifs is 1. The highest BCUT2D eigenvalue weighted by atomic mass is 19.4. The number of halogens is 5. The van der Waals surface area contributed by atoms with E-state index in [0.717, 1.165) is 11.1 Å². The Morgan fingerprint density at radius 2 is 2.00 bits per heavy atom. The first kappa shape index (κ1) is 14.9. The predicted octanol–water partition coefficient (Wildman–Crippen LogP) is 3.47. The number of alkyl halides is 5. The van der Waals surface area contributed by atoms with Gasteiger partial charge in [-0.1, -0.05) is 13.3 Å². The molecule has 0 unspecified atom stereocenters. The molecule has 1 aromatic heterocycles. The van der Waals surface area contributed by atoms with Crippen LogP contribution in [0.2, 0.25) is 0 Å². The number of ketones is 1. The first-order valence-corrected chi connectivity index (χ1v) is 6.28. The molecule has 0 fully saturated rings. The van der Waals surface area contributed by atoms with Crippen LogP contribution in [0.3, 0.4) is 0 Å². The van der Waals surface area contributed by atoms with Gasteiger partial charge in [0.05, 0.1) is 11.3 Å². The van der Waals surface area contributed by atoms with E-state index in [-0.39, 0.29) is 18.7 Å². The first-order valence-electron chi connectivity index (χ1n) is 6.28. The van der Waals surface area contributed by atoms with Crippen LogP contribution in [0.1, 0.15) is 47.9 Å². The van der Waals surface area contributed by atoms with Crippen molar-refractivity contribution in [3.8, 4) is 0 Å². The summed E-state index contributed by atoms with van der Waals surface area (Å²) in [5, 5.41) is 3.35. The van der Waals surface area contributed by atoms with Crippen molar-refractivity contribution < 1.29 is 26.7 Å². The maximum Gasteiger partial charge on any atom is 0.435 e. The van der Waals surface area contributed by atoms with Gasteiger partial charge < -0.3 is 0 Å². The van der Waals surface area contributed by atoms with E-state index in [1.54, 1.807) is 0 Å². The number of aromatic nitrogens is 2. The number of carbonyl (C=O) groups is 1. The zero-order valence-electron chi connectivity index (χ0n) is 10.7. The number of nitrogens with zero attached hydrogens (tertiary/aromatic N) is 2. The maximum absolute atomic E-state index is 13.4. The Kier molecular flexibility index (Phi) is 3.60. The van der Waals surface area contributed by atoms with Gasteiger partial charge in [-0.05, 0) is 12.8 Å². The van der Waals surface area contributed by atoms with E-state index in [9.17, 15) is 26.7 Å². The van der Waals surface area contributed by atoms with E-state index < -0.39 is 35.6 Å². The molecule has 112 valence electrons. The minimum absolute atomic E-state index is 0.0262. The lowest BCUT2D eigenvalue weighted by Crippen LogP contribution is -2.35. The third-order valence-electron chi connectivity index (χ3n) is 3.28. The number of hydrogen-bond acceptors (Lipinski definition) is 2. The van der Waals surface area contributed by atoms with Crippen molar-refractivity contribution in [2.75, 3.05) is 0 Å². The van der Waals surface area contributed by atoms with Gasteiger partial charge in [-0.15, -0.1) is 0 Å². The summed E-state index contributed by atoms with van der Waals surface area (Å²) in [5.41, 5.74) is -2.47. The number of aryl methyl sites for hydroxylation is 1. The van der Waals surface area contributed by atoms with E-state index >= 15 is 0 Å². The van der Waals surface area contributed by atoms with Crippen molar-refractivity contribution in [2.45, 2.75) is 51.3 Å². The molecule has 0 radical (unpaired) electrons. The van der Waals surface area contributed by atoms with Crippen LogP contribution in [0.15, 0.2) is 0 Å². The Bertz CT molecular complexity index is 533. The average molecular weight is 296 g/mol. The Hall–Kier alpha value is -1.47. The number of unbranched alkanes of at least 4 members (excludes halogenated alkanes) is 1. The molecule has 0 spiro atoms. The molecule has 0 atom stereocenters. The Labute approximate surface area is 111 Å². The third-order valence-corrected chi connectivity index (χ3v) is 3.28. The molecule has 1 heterocycles. The van der Waals surface area contributed by atoms with E-state index in [0.29, 0.717) is 6.42 Å². The van der Waals surface area contributed by atoms with Gasteiger partial charge in [-0.25, -0.2) is 0 Å². The van der Waals surface area contributed by atoms with E-state index in [4.69, 9.17) is 0 Å². The maximum atomic E-state index is 13.4. The summed E-state index contributed by atoms with van der Waals surface area (Å²) in [6.07, 6.45) is -4.67. The van der Waals surface area contributed by atoms with Crippen LogP contribution >= 0.6 is 0 Å². The highest BCUT2D eigenvalue weighted by Crippen LogP contribution is 2.40. The molecule has 0 N–H and O–H groups in total. The molecular weight excluding hydrogens is 283 g/mol. The summed E-state index contributed by atoms with van der Waals surface area (Å²) in [7, 11) is 0. The molecule has 3 nitrogen and oxygen atoms in total. The van der Waals surface area contributed by atoms with Gasteiger partial charge in [0, 0.05) is 13.0 Å². The Morgan fingerprint density at radius 3 is 2.55 bits per heavy atom. The summed E-state index contributed by atoms with van der Waals surface area (Å²) in [6.45, 7) is 2.04. The second-order valence-corrected chi connectivity index (χ2v) is 4.78. The van der Waals surface area contributed by atoms with E-state index in [1.165, 1.54) is 0 Å². The second kappa shape index (κ2) is 4.82. The third kappa shape index (κ3) is 2.43. The monoisotopic (exact) mass is 296 g/mol. The van der Waals surface area contributed by atoms with Gasteiger partial charge in [0.1, 0.15) is 0 Å². The summed E-state index contributed by atoms with van der Waals surface area (Å²) >= 11 is 0. The fourth-order valence-corrected chi connectivity index (χ4v) is 2.25. The van der Waals surface area contributed by atoms with Gasteiger partial charge in [0.25, 0.3) is 0 Å². The summed E-state index contributed by atoms with van der Waals surface area (Å²) in [4.78, 5) is 11.6. The summed E-state index contributed by atoms with van der Waals surface area (Å²) in [5.74, 6) is -5.51. The highest BCUT2D eigenvalue weighted by Gasteiger charge is 2.51. The number of hydrogen-bond donors (Lipinski definition) is 0. The normalized spacial score (nSPS) is 18.2. The van der Waals surface area contributed by atoms with Crippen LogP contribution in [0.5, 0.6) is 0 Å². The van der Waals surface area contributed by atoms with Crippen molar-refractivity contribution in [2.24, 2.45) is 0 Å². The van der Waals surface area contributed by atoms with Gasteiger partial charge in [-0.2, -0.15) is 27.1 Å². The standard InChI is InChI=1S/C12H13F5N2O/c1-2-3-6-19-7-4-5-11(13,14)10(20)8(7)9(18-19)12(15,16)17/h2-6H2,1H3.